The molecule has 1 aromatic carbocycles. The van der Waals surface area contributed by atoms with Crippen molar-refractivity contribution in [1.82, 2.24) is 5.32 Å². The third-order valence-electron chi connectivity index (χ3n) is 2.74. The number of rotatable bonds is 2. The lowest BCUT2D eigenvalue weighted by molar-refractivity contribution is 0.0615. The molecule has 15 heavy (non-hydrogen) atoms. The van der Waals surface area contributed by atoms with Crippen molar-refractivity contribution in [3.05, 3.63) is 29.3 Å². The second-order valence-corrected chi connectivity index (χ2v) is 4.72. The smallest absolute Gasteiger partial charge is 0.120 e. The number of ether oxygens (including phenoxy) is 1. The van der Waals surface area contributed by atoms with E-state index in [0.29, 0.717) is 0 Å². The Morgan fingerprint density at radius 3 is 2.67 bits per heavy atom. The van der Waals surface area contributed by atoms with E-state index in [9.17, 15) is 0 Å². The maximum Gasteiger partial charge on any atom is 0.120 e. The van der Waals surface area contributed by atoms with Crippen molar-refractivity contribution in [2.45, 2.75) is 25.4 Å². The van der Waals surface area contributed by atoms with Gasteiger partial charge in [0.25, 0.3) is 0 Å². The van der Waals surface area contributed by atoms with Crippen molar-refractivity contribution >= 4 is 11.6 Å². The Balaban J connectivity index is 2.03. The lowest BCUT2D eigenvalue weighted by atomic mass is 9.96. The number of halogens is 1. The van der Waals surface area contributed by atoms with Crippen LogP contribution in [0.4, 0.5) is 0 Å². The summed E-state index contributed by atoms with van der Waals surface area (Å²) in [5.74, 6) is 0.894. The summed E-state index contributed by atoms with van der Waals surface area (Å²) < 4.78 is 5.98. The van der Waals surface area contributed by atoms with E-state index in [2.05, 4.69) is 12.2 Å². The molecular formula is C12H16ClNO. The van der Waals surface area contributed by atoms with Gasteiger partial charge in [-0.05, 0) is 50.6 Å². The lowest BCUT2D eigenvalue weighted by Gasteiger charge is -2.34. The Hall–Kier alpha value is -0.730. The molecule has 3 heteroatoms. The largest absolute Gasteiger partial charge is 0.486 e. The van der Waals surface area contributed by atoms with E-state index in [4.69, 9.17) is 16.3 Å². The molecule has 1 fully saturated rings. The highest BCUT2D eigenvalue weighted by atomic mass is 35.5. The molecule has 2 rings (SSSR count). The molecule has 0 spiro atoms. The van der Waals surface area contributed by atoms with E-state index in [1.807, 2.05) is 24.3 Å². The Morgan fingerprint density at radius 2 is 2.07 bits per heavy atom. The van der Waals surface area contributed by atoms with E-state index in [1.54, 1.807) is 0 Å². The highest BCUT2D eigenvalue weighted by molar-refractivity contribution is 6.30. The summed E-state index contributed by atoms with van der Waals surface area (Å²) in [7, 11) is 0. The standard InChI is InChI=1S/C12H16ClNO/c1-12(7-2-8-14-9-12)15-11-5-3-10(13)4-6-11/h3-6,14H,2,7-9H2,1H3. The fourth-order valence-electron chi connectivity index (χ4n) is 1.90. The predicted molar refractivity (Wildman–Crippen MR) is 62.6 cm³/mol. The summed E-state index contributed by atoms with van der Waals surface area (Å²) in [6.45, 7) is 4.16. The first-order valence-electron chi connectivity index (χ1n) is 5.33. The van der Waals surface area contributed by atoms with Crippen LogP contribution in [0.3, 0.4) is 0 Å². The monoisotopic (exact) mass is 225 g/mol. The van der Waals surface area contributed by atoms with E-state index in [0.717, 1.165) is 30.3 Å². The van der Waals surface area contributed by atoms with Crippen LogP contribution in [0.25, 0.3) is 0 Å². The topological polar surface area (TPSA) is 21.3 Å². The van der Waals surface area contributed by atoms with Gasteiger partial charge in [0.2, 0.25) is 0 Å². The number of hydrogen-bond acceptors (Lipinski definition) is 2. The number of hydrogen-bond donors (Lipinski definition) is 1. The molecule has 0 aromatic heterocycles. The Bertz CT molecular complexity index is 317. The molecule has 1 aliphatic heterocycles. The summed E-state index contributed by atoms with van der Waals surface area (Å²) in [6.07, 6.45) is 2.27. The van der Waals surface area contributed by atoms with Crippen LogP contribution in [0.1, 0.15) is 19.8 Å². The summed E-state index contributed by atoms with van der Waals surface area (Å²) in [5, 5.41) is 4.10. The summed E-state index contributed by atoms with van der Waals surface area (Å²) in [4.78, 5) is 0. The second-order valence-electron chi connectivity index (χ2n) is 4.29. The summed E-state index contributed by atoms with van der Waals surface area (Å²) in [5.41, 5.74) is -0.0773. The van der Waals surface area contributed by atoms with Crippen molar-refractivity contribution in [2.24, 2.45) is 0 Å². The molecule has 1 heterocycles. The normalized spacial score (nSPS) is 26.3. The van der Waals surface area contributed by atoms with Crippen LogP contribution in [0, 0.1) is 0 Å². The number of piperidine rings is 1. The minimum atomic E-state index is -0.0773. The maximum absolute atomic E-state index is 5.98. The second kappa shape index (κ2) is 4.42. The van der Waals surface area contributed by atoms with Gasteiger partial charge in [-0.3, -0.25) is 0 Å². The molecule has 82 valence electrons. The molecule has 0 bridgehead atoms. The van der Waals surface area contributed by atoms with Gasteiger partial charge in [-0.15, -0.1) is 0 Å². The van der Waals surface area contributed by atoms with E-state index >= 15 is 0 Å². The minimum absolute atomic E-state index is 0.0773. The van der Waals surface area contributed by atoms with Crippen LogP contribution < -0.4 is 10.1 Å². The molecule has 0 saturated carbocycles. The van der Waals surface area contributed by atoms with Crippen LogP contribution in [-0.2, 0) is 0 Å². The fourth-order valence-corrected chi connectivity index (χ4v) is 2.03. The van der Waals surface area contributed by atoms with Gasteiger partial charge in [0.05, 0.1) is 0 Å². The molecule has 0 amide bonds. The Kier molecular flexibility index (Phi) is 3.17. The Labute approximate surface area is 95.6 Å². The average molecular weight is 226 g/mol. The van der Waals surface area contributed by atoms with Crippen molar-refractivity contribution in [3.8, 4) is 5.75 Å². The van der Waals surface area contributed by atoms with Gasteiger partial charge in [0.1, 0.15) is 11.4 Å². The third-order valence-corrected chi connectivity index (χ3v) is 2.99. The van der Waals surface area contributed by atoms with E-state index in [-0.39, 0.29) is 5.60 Å². The van der Waals surface area contributed by atoms with Gasteiger partial charge in [0.15, 0.2) is 0 Å². The zero-order valence-electron chi connectivity index (χ0n) is 8.92. The zero-order valence-corrected chi connectivity index (χ0v) is 9.68. The van der Waals surface area contributed by atoms with Crippen LogP contribution in [-0.4, -0.2) is 18.7 Å². The van der Waals surface area contributed by atoms with Crippen molar-refractivity contribution < 1.29 is 4.74 Å². The quantitative estimate of drug-likeness (QED) is 0.836. The molecule has 2 nitrogen and oxygen atoms in total. The minimum Gasteiger partial charge on any atom is -0.486 e. The molecule has 1 N–H and O–H groups in total. The van der Waals surface area contributed by atoms with Gasteiger partial charge >= 0.3 is 0 Å². The lowest BCUT2D eigenvalue weighted by Crippen LogP contribution is -2.47. The third kappa shape index (κ3) is 2.86. The zero-order chi connectivity index (χ0) is 10.7. The summed E-state index contributed by atoms with van der Waals surface area (Å²) >= 11 is 5.82. The van der Waals surface area contributed by atoms with Crippen LogP contribution in [0.5, 0.6) is 5.75 Å². The Morgan fingerprint density at radius 1 is 1.33 bits per heavy atom. The van der Waals surface area contributed by atoms with Crippen LogP contribution >= 0.6 is 11.6 Å². The van der Waals surface area contributed by atoms with Gasteiger partial charge < -0.3 is 10.1 Å². The average Bonchev–Trinajstić information content (AvgIpc) is 2.22. The van der Waals surface area contributed by atoms with Gasteiger partial charge in [-0.2, -0.15) is 0 Å². The molecule has 1 unspecified atom stereocenters. The first-order chi connectivity index (χ1) is 7.18. The van der Waals surface area contributed by atoms with E-state index < -0.39 is 0 Å². The SMILES string of the molecule is CC1(Oc2ccc(Cl)cc2)CCCNC1. The molecular weight excluding hydrogens is 210 g/mol. The highest BCUT2D eigenvalue weighted by Gasteiger charge is 2.28. The molecule has 0 aliphatic carbocycles. The first-order valence-corrected chi connectivity index (χ1v) is 5.71. The summed E-state index contributed by atoms with van der Waals surface area (Å²) in [6, 6.07) is 7.55. The number of nitrogens with one attached hydrogen (secondary N) is 1. The molecule has 1 aliphatic rings. The van der Waals surface area contributed by atoms with Crippen molar-refractivity contribution in [3.63, 3.8) is 0 Å². The molecule has 1 aromatic rings. The number of benzene rings is 1. The van der Waals surface area contributed by atoms with Crippen molar-refractivity contribution in [2.75, 3.05) is 13.1 Å². The predicted octanol–water partition coefficient (Wildman–Crippen LogP) is 2.86. The molecule has 1 saturated heterocycles. The molecule has 1 atom stereocenters. The van der Waals surface area contributed by atoms with E-state index in [1.165, 1.54) is 6.42 Å². The van der Waals surface area contributed by atoms with Crippen molar-refractivity contribution in [1.29, 1.82) is 0 Å². The maximum atomic E-state index is 5.98. The highest BCUT2D eigenvalue weighted by Crippen LogP contribution is 2.25. The van der Waals surface area contributed by atoms with Gasteiger partial charge in [-0.1, -0.05) is 11.6 Å². The van der Waals surface area contributed by atoms with Crippen LogP contribution in [0.2, 0.25) is 5.02 Å². The first kappa shape index (κ1) is 10.8. The van der Waals surface area contributed by atoms with Gasteiger partial charge in [-0.25, -0.2) is 0 Å². The van der Waals surface area contributed by atoms with Crippen LogP contribution in [0.15, 0.2) is 24.3 Å². The molecule has 0 radical (unpaired) electrons. The fraction of sp³-hybridized carbons (Fsp3) is 0.500. The van der Waals surface area contributed by atoms with Gasteiger partial charge in [0, 0.05) is 11.6 Å².